The molecule has 2 rings (SSSR count). The standard InChI is InChI=1S/C14H22N2O2S/c1-10-4-9-14(11(10)2)16-12-5-7-13(8-6-12)19(17,18)15-3/h5-8,10-11,14-16H,4,9H2,1-3H3. The summed E-state index contributed by atoms with van der Waals surface area (Å²) < 4.78 is 25.6. The molecule has 1 aromatic carbocycles. The number of hydrogen-bond acceptors (Lipinski definition) is 3. The zero-order valence-corrected chi connectivity index (χ0v) is 12.5. The second kappa shape index (κ2) is 5.51. The lowest BCUT2D eigenvalue weighted by atomic mass is 9.98. The minimum absolute atomic E-state index is 0.299. The van der Waals surface area contributed by atoms with Crippen LogP contribution < -0.4 is 10.0 Å². The first kappa shape index (κ1) is 14.3. The molecule has 1 aliphatic rings. The van der Waals surface area contributed by atoms with Crippen molar-refractivity contribution in [1.82, 2.24) is 4.72 Å². The van der Waals surface area contributed by atoms with Crippen molar-refractivity contribution in [3.63, 3.8) is 0 Å². The van der Waals surface area contributed by atoms with E-state index in [1.165, 1.54) is 19.9 Å². The van der Waals surface area contributed by atoms with E-state index in [4.69, 9.17) is 0 Å². The van der Waals surface area contributed by atoms with E-state index in [-0.39, 0.29) is 0 Å². The van der Waals surface area contributed by atoms with Gasteiger partial charge in [0.1, 0.15) is 0 Å². The number of rotatable bonds is 4. The third-order valence-electron chi connectivity index (χ3n) is 4.25. The third kappa shape index (κ3) is 3.09. The van der Waals surface area contributed by atoms with Crippen LogP contribution in [0.4, 0.5) is 5.69 Å². The van der Waals surface area contributed by atoms with Crippen molar-refractivity contribution in [3.8, 4) is 0 Å². The quantitative estimate of drug-likeness (QED) is 0.892. The second-order valence-corrected chi connectivity index (χ2v) is 7.28. The van der Waals surface area contributed by atoms with Crippen LogP contribution in [0.5, 0.6) is 0 Å². The maximum absolute atomic E-state index is 11.6. The number of hydrogen-bond donors (Lipinski definition) is 2. The summed E-state index contributed by atoms with van der Waals surface area (Å²) in [6.45, 7) is 4.56. The molecule has 106 valence electrons. The van der Waals surface area contributed by atoms with E-state index in [0.717, 1.165) is 11.6 Å². The Morgan fingerprint density at radius 3 is 2.21 bits per heavy atom. The van der Waals surface area contributed by atoms with Gasteiger partial charge in [-0.05, 0) is 56.0 Å². The van der Waals surface area contributed by atoms with Gasteiger partial charge in [-0.2, -0.15) is 0 Å². The molecule has 4 nitrogen and oxygen atoms in total. The molecule has 0 aromatic heterocycles. The normalized spacial score (nSPS) is 27.4. The van der Waals surface area contributed by atoms with Gasteiger partial charge in [-0.1, -0.05) is 13.8 Å². The molecular weight excluding hydrogens is 260 g/mol. The zero-order valence-electron chi connectivity index (χ0n) is 11.7. The maximum Gasteiger partial charge on any atom is 0.240 e. The first-order valence-electron chi connectivity index (χ1n) is 6.74. The average Bonchev–Trinajstić information content (AvgIpc) is 2.71. The van der Waals surface area contributed by atoms with Gasteiger partial charge in [0.25, 0.3) is 0 Å². The molecule has 1 aromatic rings. The number of sulfonamides is 1. The van der Waals surface area contributed by atoms with Gasteiger partial charge in [0.2, 0.25) is 10.0 Å². The van der Waals surface area contributed by atoms with E-state index in [1.54, 1.807) is 12.1 Å². The van der Waals surface area contributed by atoms with Gasteiger partial charge in [-0.25, -0.2) is 13.1 Å². The van der Waals surface area contributed by atoms with Gasteiger partial charge in [-0.15, -0.1) is 0 Å². The first-order valence-corrected chi connectivity index (χ1v) is 8.22. The van der Waals surface area contributed by atoms with Crippen molar-refractivity contribution in [2.45, 2.75) is 37.6 Å². The Balaban J connectivity index is 2.08. The Morgan fingerprint density at radius 1 is 1.11 bits per heavy atom. The molecule has 0 bridgehead atoms. The van der Waals surface area contributed by atoms with Gasteiger partial charge < -0.3 is 5.32 Å². The fourth-order valence-electron chi connectivity index (χ4n) is 2.63. The van der Waals surface area contributed by atoms with Crippen LogP contribution in [0.3, 0.4) is 0 Å². The fraction of sp³-hybridized carbons (Fsp3) is 0.571. The van der Waals surface area contributed by atoms with Crippen molar-refractivity contribution < 1.29 is 8.42 Å². The Bertz CT molecular complexity index is 525. The molecule has 1 saturated carbocycles. The predicted octanol–water partition coefficient (Wildman–Crippen LogP) is 2.44. The molecule has 2 N–H and O–H groups in total. The molecule has 0 saturated heterocycles. The van der Waals surface area contributed by atoms with Crippen LogP contribution in [-0.2, 0) is 10.0 Å². The Labute approximate surface area is 115 Å². The summed E-state index contributed by atoms with van der Waals surface area (Å²) in [5.74, 6) is 1.40. The summed E-state index contributed by atoms with van der Waals surface area (Å²) in [5.41, 5.74) is 0.987. The van der Waals surface area contributed by atoms with Crippen molar-refractivity contribution in [1.29, 1.82) is 0 Å². The monoisotopic (exact) mass is 282 g/mol. The largest absolute Gasteiger partial charge is 0.382 e. The van der Waals surface area contributed by atoms with Crippen molar-refractivity contribution in [3.05, 3.63) is 24.3 Å². The number of anilines is 1. The van der Waals surface area contributed by atoms with Gasteiger partial charge in [0.05, 0.1) is 4.90 Å². The van der Waals surface area contributed by atoms with Crippen LogP contribution in [0.1, 0.15) is 26.7 Å². The third-order valence-corrected chi connectivity index (χ3v) is 5.68. The molecule has 3 unspecified atom stereocenters. The topological polar surface area (TPSA) is 58.2 Å². The summed E-state index contributed by atoms with van der Waals surface area (Å²) in [5, 5.41) is 3.50. The molecule has 5 heteroatoms. The second-order valence-electron chi connectivity index (χ2n) is 5.40. The molecule has 19 heavy (non-hydrogen) atoms. The average molecular weight is 282 g/mol. The molecule has 0 aliphatic heterocycles. The van der Waals surface area contributed by atoms with Crippen LogP contribution in [-0.4, -0.2) is 21.5 Å². The van der Waals surface area contributed by atoms with Crippen LogP contribution in [0.25, 0.3) is 0 Å². The Morgan fingerprint density at radius 2 is 1.74 bits per heavy atom. The van der Waals surface area contributed by atoms with Gasteiger partial charge in [0, 0.05) is 11.7 Å². The molecule has 0 spiro atoms. The maximum atomic E-state index is 11.6. The highest BCUT2D eigenvalue weighted by Gasteiger charge is 2.29. The minimum atomic E-state index is -3.34. The van der Waals surface area contributed by atoms with Crippen LogP contribution in [0.2, 0.25) is 0 Å². The van der Waals surface area contributed by atoms with E-state index < -0.39 is 10.0 Å². The first-order chi connectivity index (χ1) is 8.94. The molecule has 1 aliphatic carbocycles. The lowest BCUT2D eigenvalue weighted by Crippen LogP contribution is -2.24. The highest BCUT2D eigenvalue weighted by Crippen LogP contribution is 2.33. The molecule has 0 radical (unpaired) electrons. The Hall–Kier alpha value is -1.07. The van der Waals surface area contributed by atoms with Crippen LogP contribution in [0.15, 0.2) is 29.2 Å². The summed E-state index contributed by atoms with van der Waals surface area (Å²) in [6.07, 6.45) is 2.43. The zero-order chi connectivity index (χ0) is 14.0. The lowest BCUT2D eigenvalue weighted by molar-refractivity contribution is 0.435. The van der Waals surface area contributed by atoms with E-state index in [9.17, 15) is 8.42 Å². The fourth-order valence-corrected chi connectivity index (χ4v) is 3.36. The minimum Gasteiger partial charge on any atom is -0.382 e. The van der Waals surface area contributed by atoms with Crippen molar-refractivity contribution >= 4 is 15.7 Å². The highest BCUT2D eigenvalue weighted by atomic mass is 32.2. The van der Waals surface area contributed by atoms with Gasteiger partial charge >= 0.3 is 0 Å². The summed E-state index contributed by atoms with van der Waals surface area (Å²) >= 11 is 0. The van der Waals surface area contributed by atoms with Crippen molar-refractivity contribution in [2.75, 3.05) is 12.4 Å². The molecule has 3 atom stereocenters. The summed E-state index contributed by atoms with van der Waals surface area (Å²) in [6, 6.07) is 7.43. The number of benzene rings is 1. The highest BCUT2D eigenvalue weighted by molar-refractivity contribution is 7.89. The van der Waals surface area contributed by atoms with Crippen molar-refractivity contribution in [2.24, 2.45) is 11.8 Å². The summed E-state index contributed by atoms with van der Waals surface area (Å²) in [7, 11) is -1.92. The smallest absolute Gasteiger partial charge is 0.240 e. The van der Waals surface area contributed by atoms with Gasteiger partial charge in [-0.3, -0.25) is 0 Å². The van der Waals surface area contributed by atoms with E-state index in [0.29, 0.717) is 16.9 Å². The van der Waals surface area contributed by atoms with E-state index in [2.05, 4.69) is 23.9 Å². The van der Waals surface area contributed by atoms with Crippen LogP contribution in [0, 0.1) is 11.8 Å². The summed E-state index contributed by atoms with van der Waals surface area (Å²) in [4.78, 5) is 0.299. The number of nitrogens with one attached hydrogen (secondary N) is 2. The van der Waals surface area contributed by atoms with Crippen LogP contribution >= 0.6 is 0 Å². The SMILES string of the molecule is CNS(=O)(=O)c1ccc(NC2CCC(C)C2C)cc1. The predicted molar refractivity (Wildman–Crippen MR) is 77.7 cm³/mol. The van der Waals surface area contributed by atoms with E-state index >= 15 is 0 Å². The molecular formula is C14H22N2O2S. The molecule has 0 heterocycles. The molecule has 0 amide bonds. The van der Waals surface area contributed by atoms with E-state index in [1.807, 2.05) is 12.1 Å². The Kier molecular flexibility index (Phi) is 4.16. The van der Waals surface area contributed by atoms with Gasteiger partial charge in [0.15, 0.2) is 0 Å². The molecule has 1 fully saturated rings. The lowest BCUT2D eigenvalue weighted by Gasteiger charge is -2.21.